The molecule has 2 N–H and O–H groups in total. The number of urea groups is 1. The van der Waals surface area contributed by atoms with Crippen LogP contribution in [0.5, 0.6) is 5.75 Å². The lowest BCUT2D eigenvalue weighted by molar-refractivity contribution is 0.0678. The van der Waals surface area contributed by atoms with Gasteiger partial charge >= 0.3 is 6.03 Å². The summed E-state index contributed by atoms with van der Waals surface area (Å²) < 4.78 is 6.02. The molecule has 0 radical (unpaired) electrons. The van der Waals surface area contributed by atoms with Crippen LogP contribution in [0.4, 0.5) is 4.79 Å². The second-order valence-electron chi connectivity index (χ2n) is 6.06. The molecule has 4 nitrogen and oxygen atoms in total. The van der Waals surface area contributed by atoms with E-state index >= 15 is 0 Å². The molecule has 0 aliphatic carbocycles. The third kappa shape index (κ3) is 3.44. The Kier molecular flexibility index (Phi) is 4.21. The lowest BCUT2D eigenvalue weighted by Crippen LogP contribution is -2.44. The lowest BCUT2D eigenvalue weighted by atomic mass is 9.89. The van der Waals surface area contributed by atoms with Crippen LogP contribution >= 0.6 is 0 Å². The van der Waals surface area contributed by atoms with Crippen LogP contribution in [0.25, 0.3) is 0 Å². The van der Waals surface area contributed by atoms with E-state index in [1.54, 1.807) is 0 Å². The number of rotatable bonds is 3. The Hall–Kier alpha value is -1.71. The highest BCUT2D eigenvalue weighted by Crippen LogP contribution is 2.39. The Morgan fingerprint density at radius 1 is 1.45 bits per heavy atom. The second-order valence-corrected chi connectivity index (χ2v) is 6.06. The highest BCUT2D eigenvalue weighted by Gasteiger charge is 2.34. The summed E-state index contributed by atoms with van der Waals surface area (Å²) in [5.41, 5.74) is 1.95. The van der Waals surface area contributed by atoms with Gasteiger partial charge in [-0.15, -0.1) is 0 Å². The zero-order valence-corrected chi connectivity index (χ0v) is 12.7. The largest absolute Gasteiger partial charge is 0.487 e. The van der Waals surface area contributed by atoms with Crippen LogP contribution < -0.4 is 15.4 Å². The minimum absolute atomic E-state index is 0.00814. The molecule has 1 aliphatic rings. The minimum atomic E-state index is -0.274. The van der Waals surface area contributed by atoms with Crippen LogP contribution in [0, 0.1) is 6.92 Å². The number of ether oxygens (including phenoxy) is 1. The maximum atomic E-state index is 11.9. The fourth-order valence-corrected chi connectivity index (χ4v) is 2.54. The quantitative estimate of drug-likeness (QED) is 0.890. The molecule has 1 aromatic rings. The summed E-state index contributed by atoms with van der Waals surface area (Å²) in [5, 5.41) is 5.91. The summed E-state index contributed by atoms with van der Waals surface area (Å²) in [6.45, 7) is 8.88. The van der Waals surface area contributed by atoms with Gasteiger partial charge in [0.1, 0.15) is 11.4 Å². The number of carbonyl (C=O) groups excluding carboxylic acids is 1. The van der Waals surface area contributed by atoms with E-state index in [9.17, 15) is 4.79 Å². The number of hydrogen-bond acceptors (Lipinski definition) is 2. The molecular weight excluding hydrogens is 252 g/mol. The molecular formula is C16H24N2O2. The van der Waals surface area contributed by atoms with Crippen LogP contribution in [0.2, 0.25) is 0 Å². The van der Waals surface area contributed by atoms with Crippen molar-refractivity contribution in [2.45, 2.75) is 52.2 Å². The number of nitrogens with one attached hydrogen (secondary N) is 2. The van der Waals surface area contributed by atoms with Crippen molar-refractivity contribution in [2.75, 3.05) is 6.54 Å². The Balaban J connectivity index is 2.19. The van der Waals surface area contributed by atoms with E-state index in [1.165, 1.54) is 0 Å². The minimum Gasteiger partial charge on any atom is -0.487 e. The number of aryl methyl sites for hydroxylation is 1. The van der Waals surface area contributed by atoms with Gasteiger partial charge in [0.15, 0.2) is 0 Å². The van der Waals surface area contributed by atoms with E-state index in [4.69, 9.17) is 4.74 Å². The fourth-order valence-electron chi connectivity index (χ4n) is 2.54. The molecule has 2 rings (SSSR count). The fraction of sp³-hybridized carbons (Fsp3) is 0.562. The van der Waals surface area contributed by atoms with E-state index in [-0.39, 0.29) is 17.7 Å². The number of hydrogen-bond donors (Lipinski definition) is 2. The molecule has 0 saturated heterocycles. The molecule has 20 heavy (non-hydrogen) atoms. The van der Waals surface area contributed by atoms with E-state index in [0.29, 0.717) is 6.54 Å². The third-order valence-corrected chi connectivity index (χ3v) is 3.47. The second kappa shape index (κ2) is 5.73. The average molecular weight is 276 g/mol. The molecule has 1 aromatic carbocycles. The highest BCUT2D eigenvalue weighted by atomic mass is 16.5. The van der Waals surface area contributed by atoms with Gasteiger partial charge in [-0.05, 0) is 38.8 Å². The van der Waals surface area contributed by atoms with Crippen molar-refractivity contribution in [2.24, 2.45) is 0 Å². The Morgan fingerprint density at radius 2 is 2.20 bits per heavy atom. The smallest absolute Gasteiger partial charge is 0.315 e. The molecule has 0 aromatic heterocycles. The number of fused-ring (bicyclic) bond motifs is 1. The molecule has 0 fully saturated rings. The molecule has 0 bridgehead atoms. The predicted octanol–water partition coefficient (Wildman–Crippen LogP) is 3.31. The number of benzene rings is 1. The average Bonchev–Trinajstić information content (AvgIpc) is 2.34. The first-order chi connectivity index (χ1) is 9.41. The van der Waals surface area contributed by atoms with Crippen LogP contribution in [-0.4, -0.2) is 18.2 Å². The summed E-state index contributed by atoms with van der Waals surface area (Å²) in [6.07, 6.45) is 1.70. The summed E-state index contributed by atoms with van der Waals surface area (Å²) >= 11 is 0. The number of carbonyl (C=O) groups is 1. The molecule has 1 unspecified atom stereocenters. The van der Waals surface area contributed by atoms with Gasteiger partial charge in [-0.2, -0.15) is 0 Å². The summed E-state index contributed by atoms with van der Waals surface area (Å²) in [5.74, 6) is 0.877. The van der Waals surface area contributed by atoms with Crippen molar-refractivity contribution in [1.29, 1.82) is 0 Å². The summed E-state index contributed by atoms with van der Waals surface area (Å²) in [7, 11) is 0. The van der Waals surface area contributed by atoms with Gasteiger partial charge in [0.05, 0.1) is 6.04 Å². The van der Waals surface area contributed by atoms with E-state index in [0.717, 1.165) is 29.7 Å². The lowest BCUT2D eigenvalue weighted by Gasteiger charge is -2.38. The Labute approximate surface area is 120 Å². The molecule has 4 heteroatoms. The predicted molar refractivity (Wildman–Crippen MR) is 80.1 cm³/mol. The molecule has 1 heterocycles. The molecule has 1 atom stereocenters. The maximum absolute atomic E-state index is 11.9. The maximum Gasteiger partial charge on any atom is 0.315 e. The molecule has 110 valence electrons. The van der Waals surface area contributed by atoms with Crippen molar-refractivity contribution in [3.05, 3.63) is 29.3 Å². The van der Waals surface area contributed by atoms with Crippen molar-refractivity contribution in [3.8, 4) is 5.75 Å². The molecule has 0 spiro atoms. The van der Waals surface area contributed by atoms with Gasteiger partial charge in [0, 0.05) is 18.5 Å². The third-order valence-electron chi connectivity index (χ3n) is 3.47. The Morgan fingerprint density at radius 3 is 2.90 bits per heavy atom. The Bertz CT molecular complexity index is 497. The first-order valence-corrected chi connectivity index (χ1v) is 7.25. The SMILES string of the molecule is CCCNC(=O)NC1CC(C)(C)Oc2cc(C)ccc21. The van der Waals surface area contributed by atoms with Gasteiger partial charge in [-0.3, -0.25) is 0 Å². The first-order valence-electron chi connectivity index (χ1n) is 7.25. The number of amides is 2. The van der Waals surface area contributed by atoms with E-state index in [2.05, 4.69) is 30.5 Å². The molecule has 2 amide bonds. The summed E-state index contributed by atoms with van der Waals surface area (Å²) in [6, 6.07) is 6.02. The zero-order chi connectivity index (χ0) is 14.8. The van der Waals surface area contributed by atoms with Crippen LogP contribution in [0.1, 0.15) is 50.8 Å². The normalized spacial score (nSPS) is 19.7. The topological polar surface area (TPSA) is 50.4 Å². The first kappa shape index (κ1) is 14.7. The van der Waals surface area contributed by atoms with Crippen LogP contribution in [0.15, 0.2) is 18.2 Å². The van der Waals surface area contributed by atoms with Crippen molar-refractivity contribution in [3.63, 3.8) is 0 Å². The molecule has 0 saturated carbocycles. The van der Waals surface area contributed by atoms with Gasteiger partial charge in [0.25, 0.3) is 0 Å². The molecule has 1 aliphatic heterocycles. The zero-order valence-electron chi connectivity index (χ0n) is 12.7. The van der Waals surface area contributed by atoms with E-state index in [1.807, 2.05) is 26.0 Å². The standard InChI is InChI=1S/C16H24N2O2/c1-5-8-17-15(19)18-13-10-16(3,4)20-14-9-11(2)6-7-12(13)14/h6-7,9,13H,5,8,10H2,1-4H3,(H2,17,18,19). The van der Waals surface area contributed by atoms with Gasteiger partial charge in [0.2, 0.25) is 0 Å². The van der Waals surface area contributed by atoms with Crippen LogP contribution in [0.3, 0.4) is 0 Å². The van der Waals surface area contributed by atoms with Crippen LogP contribution in [-0.2, 0) is 0 Å². The van der Waals surface area contributed by atoms with Crippen molar-refractivity contribution in [1.82, 2.24) is 10.6 Å². The van der Waals surface area contributed by atoms with Gasteiger partial charge < -0.3 is 15.4 Å². The summed E-state index contributed by atoms with van der Waals surface area (Å²) in [4.78, 5) is 11.9. The van der Waals surface area contributed by atoms with Crippen molar-refractivity contribution >= 4 is 6.03 Å². The van der Waals surface area contributed by atoms with E-state index < -0.39 is 0 Å². The van der Waals surface area contributed by atoms with Gasteiger partial charge in [-0.25, -0.2) is 4.79 Å². The van der Waals surface area contributed by atoms with Crippen molar-refractivity contribution < 1.29 is 9.53 Å². The van der Waals surface area contributed by atoms with Gasteiger partial charge in [-0.1, -0.05) is 19.1 Å². The highest BCUT2D eigenvalue weighted by molar-refractivity contribution is 5.74. The monoisotopic (exact) mass is 276 g/mol.